The van der Waals surface area contributed by atoms with Crippen molar-refractivity contribution in [1.82, 2.24) is 19.9 Å². The first-order valence-corrected chi connectivity index (χ1v) is 8.12. The van der Waals surface area contributed by atoms with Crippen LogP contribution < -0.4 is 11.1 Å². The number of nitrogens with zero attached hydrogens (tertiary/aromatic N) is 3. The van der Waals surface area contributed by atoms with E-state index in [4.69, 9.17) is 5.73 Å². The number of esters is 1. The number of anilines is 2. The highest BCUT2D eigenvalue weighted by Gasteiger charge is 2.11. The summed E-state index contributed by atoms with van der Waals surface area (Å²) in [6.07, 6.45) is 1.33. The number of rotatable bonds is 5. The van der Waals surface area contributed by atoms with Gasteiger partial charge in [-0.25, -0.2) is 19.7 Å². The minimum absolute atomic E-state index is 0.121. The summed E-state index contributed by atoms with van der Waals surface area (Å²) < 4.78 is 4.65. The minimum atomic E-state index is -0.466. The number of aromatic amines is 1. The predicted molar refractivity (Wildman–Crippen MR) is 93.2 cm³/mol. The molecular formula is C15H14N6O3S. The van der Waals surface area contributed by atoms with Gasteiger partial charge in [0, 0.05) is 5.69 Å². The Kier molecular flexibility index (Phi) is 4.80. The van der Waals surface area contributed by atoms with Crippen molar-refractivity contribution in [3.63, 3.8) is 0 Å². The van der Waals surface area contributed by atoms with E-state index in [2.05, 4.69) is 30.0 Å². The summed E-state index contributed by atoms with van der Waals surface area (Å²) in [6.45, 7) is 0. The number of H-pyrrole nitrogens is 1. The normalized spacial score (nSPS) is 10.6. The van der Waals surface area contributed by atoms with E-state index in [9.17, 15) is 9.59 Å². The molecule has 2 aromatic heterocycles. The Morgan fingerprint density at radius 3 is 2.96 bits per heavy atom. The molecule has 25 heavy (non-hydrogen) atoms. The molecule has 0 spiro atoms. The summed E-state index contributed by atoms with van der Waals surface area (Å²) in [5.74, 6) is -0.290. The summed E-state index contributed by atoms with van der Waals surface area (Å²) >= 11 is 1.20. The molecule has 128 valence electrons. The molecule has 10 heteroatoms. The van der Waals surface area contributed by atoms with Gasteiger partial charge in [0.25, 0.3) is 0 Å². The summed E-state index contributed by atoms with van der Waals surface area (Å²) in [6, 6.07) is 6.50. The van der Waals surface area contributed by atoms with Gasteiger partial charge in [-0.1, -0.05) is 17.8 Å². The molecule has 1 aromatic carbocycles. The summed E-state index contributed by atoms with van der Waals surface area (Å²) in [4.78, 5) is 38.7. The van der Waals surface area contributed by atoms with Crippen LogP contribution in [0.4, 0.5) is 11.5 Å². The van der Waals surface area contributed by atoms with E-state index in [0.29, 0.717) is 33.4 Å². The van der Waals surface area contributed by atoms with Crippen molar-refractivity contribution in [2.45, 2.75) is 5.16 Å². The van der Waals surface area contributed by atoms with Gasteiger partial charge in [0.05, 0.1) is 18.4 Å². The fraction of sp³-hybridized carbons (Fsp3) is 0.133. The molecule has 0 saturated carbocycles. The third kappa shape index (κ3) is 3.86. The Balaban J connectivity index is 1.62. The zero-order chi connectivity index (χ0) is 17.8. The number of methoxy groups -OCH3 is 1. The highest BCUT2D eigenvalue weighted by atomic mass is 32.2. The number of fused-ring (bicyclic) bond motifs is 1. The van der Waals surface area contributed by atoms with Crippen LogP contribution in [0.1, 0.15) is 10.4 Å². The molecule has 1 amide bonds. The molecule has 0 aliphatic rings. The van der Waals surface area contributed by atoms with Gasteiger partial charge >= 0.3 is 5.97 Å². The first-order valence-electron chi connectivity index (χ1n) is 7.14. The molecule has 0 atom stereocenters. The van der Waals surface area contributed by atoms with E-state index in [-0.39, 0.29) is 11.7 Å². The lowest BCUT2D eigenvalue weighted by atomic mass is 10.2. The van der Waals surface area contributed by atoms with E-state index < -0.39 is 5.97 Å². The van der Waals surface area contributed by atoms with E-state index in [1.807, 2.05) is 0 Å². The maximum absolute atomic E-state index is 12.1. The highest BCUT2D eigenvalue weighted by Crippen LogP contribution is 2.21. The quantitative estimate of drug-likeness (QED) is 0.460. The SMILES string of the molecule is COC(=O)c1cccc(NC(=O)CSc2nc3ncnc(N)c3[nH]2)c1. The zero-order valence-electron chi connectivity index (χ0n) is 13.1. The number of amides is 1. The van der Waals surface area contributed by atoms with E-state index in [1.54, 1.807) is 24.3 Å². The van der Waals surface area contributed by atoms with Crippen molar-refractivity contribution in [1.29, 1.82) is 0 Å². The molecule has 9 nitrogen and oxygen atoms in total. The van der Waals surface area contributed by atoms with Crippen molar-refractivity contribution >= 4 is 46.3 Å². The minimum Gasteiger partial charge on any atom is -0.465 e. The fourth-order valence-electron chi connectivity index (χ4n) is 2.07. The number of aromatic nitrogens is 4. The number of carbonyl (C=O) groups is 2. The number of ether oxygens (including phenoxy) is 1. The second kappa shape index (κ2) is 7.18. The number of hydrogen-bond acceptors (Lipinski definition) is 8. The number of hydrogen-bond donors (Lipinski definition) is 3. The fourth-order valence-corrected chi connectivity index (χ4v) is 2.73. The molecule has 3 aromatic rings. The van der Waals surface area contributed by atoms with Gasteiger partial charge in [0.1, 0.15) is 11.8 Å². The van der Waals surface area contributed by atoms with Crippen LogP contribution in [0.5, 0.6) is 0 Å². The number of thioether (sulfide) groups is 1. The Bertz CT molecular complexity index is 942. The summed E-state index contributed by atoms with van der Waals surface area (Å²) in [5.41, 5.74) is 7.58. The molecule has 0 unspecified atom stereocenters. The maximum atomic E-state index is 12.1. The molecule has 2 heterocycles. The Hall–Kier alpha value is -3.14. The van der Waals surface area contributed by atoms with Crippen molar-refractivity contribution in [2.24, 2.45) is 0 Å². The third-order valence-corrected chi connectivity index (χ3v) is 4.08. The lowest BCUT2D eigenvalue weighted by Gasteiger charge is -2.06. The maximum Gasteiger partial charge on any atom is 0.337 e. The van der Waals surface area contributed by atoms with Crippen LogP contribution in [0.15, 0.2) is 35.7 Å². The molecule has 0 fully saturated rings. The molecule has 0 aliphatic carbocycles. The van der Waals surface area contributed by atoms with Crippen molar-refractivity contribution in [2.75, 3.05) is 23.9 Å². The first kappa shape index (κ1) is 16.7. The van der Waals surface area contributed by atoms with E-state index >= 15 is 0 Å². The standard InChI is InChI=1S/C15H14N6O3S/c1-24-14(23)8-3-2-4-9(5-8)19-10(22)6-25-15-20-11-12(16)17-7-18-13(11)21-15/h2-5,7H,6H2,1H3,(H,19,22)(H3,16,17,18,20,21). The lowest BCUT2D eigenvalue weighted by Crippen LogP contribution is -2.14. The van der Waals surface area contributed by atoms with Crippen LogP contribution in [0.3, 0.4) is 0 Å². The smallest absolute Gasteiger partial charge is 0.337 e. The average molecular weight is 358 g/mol. The van der Waals surface area contributed by atoms with Gasteiger partial charge in [-0.05, 0) is 18.2 Å². The van der Waals surface area contributed by atoms with Crippen LogP contribution in [-0.2, 0) is 9.53 Å². The van der Waals surface area contributed by atoms with Gasteiger partial charge in [-0.3, -0.25) is 4.79 Å². The van der Waals surface area contributed by atoms with Gasteiger partial charge in [-0.2, -0.15) is 0 Å². The van der Waals surface area contributed by atoms with Crippen LogP contribution >= 0.6 is 11.8 Å². The van der Waals surface area contributed by atoms with Gasteiger partial charge in [-0.15, -0.1) is 0 Å². The van der Waals surface area contributed by atoms with Gasteiger partial charge in [0.15, 0.2) is 16.6 Å². The molecule has 4 N–H and O–H groups in total. The average Bonchev–Trinajstić information content (AvgIpc) is 3.04. The van der Waals surface area contributed by atoms with E-state index in [0.717, 1.165) is 0 Å². The second-order valence-corrected chi connectivity index (χ2v) is 5.87. The van der Waals surface area contributed by atoms with Gasteiger partial charge in [0.2, 0.25) is 5.91 Å². The Morgan fingerprint density at radius 1 is 1.36 bits per heavy atom. The molecular weight excluding hydrogens is 344 g/mol. The number of nitrogens with two attached hydrogens (primary N) is 1. The molecule has 0 saturated heterocycles. The van der Waals surface area contributed by atoms with Crippen molar-refractivity contribution < 1.29 is 14.3 Å². The molecule has 0 bridgehead atoms. The lowest BCUT2D eigenvalue weighted by molar-refractivity contribution is -0.113. The summed E-state index contributed by atoms with van der Waals surface area (Å²) in [5, 5.41) is 3.23. The van der Waals surface area contributed by atoms with Crippen LogP contribution in [0.25, 0.3) is 11.2 Å². The number of nitrogens with one attached hydrogen (secondary N) is 2. The van der Waals surface area contributed by atoms with Gasteiger partial charge < -0.3 is 20.8 Å². The first-order chi connectivity index (χ1) is 12.1. The third-order valence-electron chi connectivity index (χ3n) is 3.20. The van der Waals surface area contributed by atoms with Crippen molar-refractivity contribution in [3.05, 3.63) is 36.2 Å². The van der Waals surface area contributed by atoms with Crippen LogP contribution in [0.2, 0.25) is 0 Å². The van der Waals surface area contributed by atoms with Crippen LogP contribution in [-0.4, -0.2) is 44.7 Å². The largest absolute Gasteiger partial charge is 0.465 e. The Labute approximate surface area is 146 Å². The molecule has 0 aliphatic heterocycles. The monoisotopic (exact) mass is 358 g/mol. The second-order valence-electron chi connectivity index (χ2n) is 4.91. The van der Waals surface area contributed by atoms with E-state index in [1.165, 1.54) is 25.2 Å². The Morgan fingerprint density at radius 2 is 2.20 bits per heavy atom. The number of nitrogen functional groups attached to an aromatic ring is 1. The molecule has 0 radical (unpaired) electrons. The topological polar surface area (TPSA) is 136 Å². The van der Waals surface area contributed by atoms with Crippen molar-refractivity contribution in [3.8, 4) is 0 Å². The van der Waals surface area contributed by atoms with Crippen LogP contribution in [0, 0.1) is 0 Å². The number of benzene rings is 1. The highest BCUT2D eigenvalue weighted by molar-refractivity contribution is 7.99. The molecule has 3 rings (SSSR count). The number of imidazole rings is 1. The summed E-state index contributed by atoms with van der Waals surface area (Å²) in [7, 11) is 1.30. The zero-order valence-corrected chi connectivity index (χ0v) is 14.0. The predicted octanol–water partition coefficient (Wildman–Crippen LogP) is 1.45. The number of carbonyl (C=O) groups excluding carboxylic acids is 2.